The Labute approximate surface area is 118 Å². The first-order chi connectivity index (χ1) is 8.90. The van der Waals surface area contributed by atoms with Gasteiger partial charge in [0.25, 0.3) is 10.0 Å². The molecule has 0 aliphatic rings. The molecular weight excluding hydrogens is 278 g/mol. The summed E-state index contributed by atoms with van der Waals surface area (Å²) in [5.74, 6) is 0.268. The molecule has 3 nitrogen and oxygen atoms in total. The van der Waals surface area contributed by atoms with Crippen molar-refractivity contribution in [1.82, 2.24) is 0 Å². The van der Waals surface area contributed by atoms with Crippen molar-refractivity contribution >= 4 is 27.0 Å². The molecule has 2 aromatic rings. The predicted molar refractivity (Wildman–Crippen MR) is 80.4 cm³/mol. The normalized spacial score (nSPS) is 11.8. The van der Waals surface area contributed by atoms with Crippen molar-refractivity contribution in [3.63, 3.8) is 0 Å². The van der Waals surface area contributed by atoms with E-state index in [1.54, 1.807) is 12.1 Å². The summed E-state index contributed by atoms with van der Waals surface area (Å²) < 4.78 is 27.6. The van der Waals surface area contributed by atoms with Crippen LogP contribution in [0.25, 0.3) is 0 Å². The van der Waals surface area contributed by atoms with E-state index < -0.39 is 10.0 Å². The van der Waals surface area contributed by atoms with Crippen LogP contribution in [0.15, 0.2) is 40.6 Å². The van der Waals surface area contributed by atoms with E-state index in [1.165, 1.54) is 11.3 Å². The molecular formula is C14H17NO2S2. The van der Waals surface area contributed by atoms with Crippen LogP contribution in [0.1, 0.15) is 30.2 Å². The number of thiophene rings is 1. The Morgan fingerprint density at radius 1 is 1.11 bits per heavy atom. The average molecular weight is 295 g/mol. The van der Waals surface area contributed by atoms with Gasteiger partial charge in [-0.25, -0.2) is 8.42 Å². The molecule has 0 saturated carbocycles. The van der Waals surface area contributed by atoms with Crippen LogP contribution in [-0.4, -0.2) is 8.42 Å². The van der Waals surface area contributed by atoms with E-state index in [0.717, 1.165) is 10.4 Å². The molecule has 1 heterocycles. The SMILES string of the molecule is Cc1ccc(S(=O)(=O)Nc2ccccc2C(C)C)s1. The van der Waals surface area contributed by atoms with Crippen LogP contribution in [0.4, 0.5) is 5.69 Å². The van der Waals surface area contributed by atoms with Crippen molar-refractivity contribution in [1.29, 1.82) is 0 Å². The lowest BCUT2D eigenvalue weighted by molar-refractivity contribution is 0.603. The van der Waals surface area contributed by atoms with Gasteiger partial charge < -0.3 is 0 Å². The quantitative estimate of drug-likeness (QED) is 0.927. The molecule has 0 aliphatic heterocycles. The maximum absolute atomic E-state index is 12.3. The van der Waals surface area contributed by atoms with E-state index in [9.17, 15) is 8.42 Å². The van der Waals surface area contributed by atoms with Gasteiger partial charge in [-0.15, -0.1) is 11.3 Å². The molecule has 0 radical (unpaired) electrons. The summed E-state index contributed by atoms with van der Waals surface area (Å²) in [4.78, 5) is 0.984. The minimum absolute atomic E-state index is 0.268. The third-order valence-electron chi connectivity index (χ3n) is 2.81. The van der Waals surface area contributed by atoms with Gasteiger partial charge in [0.05, 0.1) is 5.69 Å². The van der Waals surface area contributed by atoms with Crippen molar-refractivity contribution in [2.75, 3.05) is 4.72 Å². The maximum Gasteiger partial charge on any atom is 0.271 e. The molecule has 0 saturated heterocycles. The van der Waals surface area contributed by atoms with Gasteiger partial charge in [0, 0.05) is 4.88 Å². The summed E-state index contributed by atoms with van der Waals surface area (Å²) in [5, 5.41) is 0. The van der Waals surface area contributed by atoms with E-state index >= 15 is 0 Å². The highest BCUT2D eigenvalue weighted by atomic mass is 32.2. The zero-order valence-corrected chi connectivity index (χ0v) is 12.8. The molecule has 0 atom stereocenters. The second kappa shape index (κ2) is 5.35. The Bertz CT molecular complexity index is 672. The second-order valence-electron chi connectivity index (χ2n) is 4.71. The Morgan fingerprint density at radius 3 is 2.37 bits per heavy atom. The van der Waals surface area contributed by atoms with Gasteiger partial charge in [-0.2, -0.15) is 0 Å². The number of anilines is 1. The zero-order valence-electron chi connectivity index (χ0n) is 11.2. The summed E-state index contributed by atoms with van der Waals surface area (Å²) in [7, 11) is -3.48. The highest BCUT2D eigenvalue weighted by Gasteiger charge is 2.18. The number of nitrogens with one attached hydrogen (secondary N) is 1. The zero-order chi connectivity index (χ0) is 14.0. The Morgan fingerprint density at radius 2 is 1.79 bits per heavy atom. The monoisotopic (exact) mass is 295 g/mol. The summed E-state index contributed by atoms with van der Waals surface area (Å²) in [5.41, 5.74) is 1.66. The lowest BCUT2D eigenvalue weighted by Gasteiger charge is -2.14. The molecule has 0 aliphatic carbocycles. The minimum atomic E-state index is -3.48. The molecule has 19 heavy (non-hydrogen) atoms. The third kappa shape index (κ3) is 3.16. The van der Waals surface area contributed by atoms with E-state index in [1.807, 2.05) is 45.0 Å². The second-order valence-corrected chi connectivity index (χ2v) is 7.91. The number of benzene rings is 1. The van der Waals surface area contributed by atoms with Crippen molar-refractivity contribution in [3.8, 4) is 0 Å². The van der Waals surface area contributed by atoms with Crippen LogP contribution in [0, 0.1) is 6.92 Å². The number of aryl methyl sites for hydroxylation is 1. The first kappa shape index (κ1) is 14.1. The van der Waals surface area contributed by atoms with Gasteiger partial charge in [-0.05, 0) is 36.6 Å². The number of hydrogen-bond acceptors (Lipinski definition) is 3. The van der Waals surface area contributed by atoms with Crippen LogP contribution < -0.4 is 4.72 Å². The fourth-order valence-corrected chi connectivity index (χ4v) is 4.22. The first-order valence-electron chi connectivity index (χ1n) is 6.08. The molecule has 0 amide bonds. The van der Waals surface area contributed by atoms with Crippen LogP contribution in [-0.2, 0) is 10.0 Å². The van der Waals surface area contributed by atoms with E-state index in [-0.39, 0.29) is 5.92 Å². The molecule has 5 heteroatoms. The van der Waals surface area contributed by atoms with Crippen molar-refractivity contribution in [3.05, 3.63) is 46.8 Å². The predicted octanol–water partition coefficient (Wildman–Crippen LogP) is 3.98. The molecule has 0 fully saturated rings. The molecule has 0 unspecified atom stereocenters. The third-order valence-corrected chi connectivity index (χ3v) is 5.67. The van der Waals surface area contributed by atoms with E-state index in [2.05, 4.69) is 4.72 Å². The number of rotatable bonds is 4. The molecule has 1 N–H and O–H groups in total. The number of hydrogen-bond donors (Lipinski definition) is 1. The van der Waals surface area contributed by atoms with Gasteiger partial charge in [0.15, 0.2) is 0 Å². The molecule has 0 spiro atoms. The summed E-state index contributed by atoms with van der Waals surface area (Å²) >= 11 is 1.28. The smallest absolute Gasteiger partial charge is 0.271 e. The lowest BCUT2D eigenvalue weighted by Crippen LogP contribution is -2.13. The number of para-hydroxylation sites is 1. The fourth-order valence-electron chi connectivity index (χ4n) is 1.84. The Hall–Kier alpha value is -1.33. The molecule has 0 bridgehead atoms. The Kier molecular flexibility index (Phi) is 3.96. The number of sulfonamides is 1. The fraction of sp³-hybridized carbons (Fsp3) is 0.286. The topological polar surface area (TPSA) is 46.2 Å². The molecule has 1 aromatic carbocycles. The van der Waals surface area contributed by atoms with Crippen molar-refractivity contribution < 1.29 is 8.42 Å². The summed E-state index contributed by atoms with van der Waals surface area (Å²) in [6.45, 7) is 5.98. The summed E-state index contributed by atoms with van der Waals surface area (Å²) in [6, 6.07) is 11.0. The van der Waals surface area contributed by atoms with Gasteiger partial charge in [-0.3, -0.25) is 4.72 Å². The largest absolute Gasteiger partial charge is 0.279 e. The molecule has 1 aromatic heterocycles. The van der Waals surface area contributed by atoms with Gasteiger partial charge in [0.1, 0.15) is 4.21 Å². The minimum Gasteiger partial charge on any atom is -0.279 e. The van der Waals surface area contributed by atoms with Crippen molar-refractivity contribution in [2.45, 2.75) is 30.9 Å². The maximum atomic E-state index is 12.3. The van der Waals surface area contributed by atoms with Crippen LogP contribution in [0.5, 0.6) is 0 Å². The summed E-state index contributed by atoms with van der Waals surface area (Å²) in [6.07, 6.45) is 0. The van der Waals surface area contributed by atoms with E-state index in [0.29, 0.717) is 9.90 Å². The molecule has 2 rings (SSSR count). The highest BCUT2D eigenvalue weighted by Crippen LogP contribution is 2.28. The van der Waals surface area contributed by atoms with Crippen LogP contribution in [0.2, 0.25) is 0 Å². The van der Waals surface area contributed by atoms with E-state index in [4.69, 9.17) is 0 Å². The first-order valence-corrected chi connectivity index (χ1v) is 8.38. The lowest BCUT2D eigenvalue weighted by atomic mass is 10.0. The standard InChI is InChI=1S/C14H17NO2S2/c1-10(2)12-6-4-5-7-13(12)15-19(16,17)14-9-8-11(3)18-14/h4-10,15H,1-3H3. The van der Waals surface area contributed by atoms with Crippen LogP contribution in [0.3, 0.4) is 0 Å². The highest BCUT2D eigenvalue weighted by molar-refractivity contribution is 7.94. The van der Waals surface area contributed by atoms with Crippen molar-refractivity contribution in [2.24, 2.45) is 0 Å². The molecule has 102 valence electrons. The average Bonchev–Trinajstić information content (AvgIpc) is 2.76. The van der Waals surface area contributed by atoms with Gasteiger partial charge >= 0.3 is 0 Å². The van der Waals surface area contributed by atoms with Gasteiger partial charge in [-0.1, -0.05) is 32.0 Å². The Balaban J connectivity index is 2.36. The van der Waals surface area contributed by atoms with Crippen LogP contribution >= 0.6 is 11.3 Å². The van der Waals surface area contributed by atoms with Gasteiger partial charge in [0.2, 0.25) is 0 Å².